The Balaban J connectivity index is 1.85. The zero-order valence-corrected chi connectivity index (χ0v) is 11.4. The quantitative estimate of drug-likeness (QED) is 0.868. The lowest BCUT2D eigenvalue weighted by molar-refractivity contribution is 0.0520. The molecule has 0 amide bonds. The monoisotopic (exact) mass is 271 g/mol. The third kappa shape index (κ3) is 2.31. The highest BCUT2D eigenvalue weighted by Gasteiger charge is 2.21. The van der Waals surface area contributed by atoms with Crippen molar-refractivity contribution in [2.45, 2.75) is 32.1 Å². The highest BCUT2D eigenvalue weighted by Crippen LogP contribution is 2.36. The van der Waals surface area contributed by atoms with Crippen molar-refractivity contribution >= 4 is 5.97 Å². The number of nitrogens with zero attached hydrogens (tertiary/aromatic N) is 2. The fourth-order valence-corrected chi connectivity index (χ4v) is 2.43. The van der Waals surface area contributed by atoms with Gasteiger partial charge in [0.15, 0.2) is 5.69 Å². The molecule has 0 atom stereocenters. The first-order valence-corrected chi connectivity index (χ1v) is 6.97. The Morgan fingerprint density at radius 2 is 2.05 bits per heavy atom. The van der Waals surface area contributed by atoms with Crippen LogP contribution in [0.15, 0.2) is 24.3 Å². The van der Waals surface area contributed by atoms with Crippen LogP contribution in [0.3, 0.4) is 0 Å². The lowest BCUT2D eigenvalue weighted by Gasteiger charge is -2.25. The fourth-order valence-electron chi connectivity index (χ4n) is 2.43. The Hall–Kier alpha value is -2.17. The van der Waals surface area contributed by atoms with Gasteiger partial charge in [0.1, 0.15) is 5.69 Å². The molecule has 0 radical (unpaired) electrons. The number of benzene rings is 1. The van der Waals surface area contributed by atoms with Crippen molar-refractivity contribution in [2.24, 2.45) is 0 Å². The van der Waals surface area contributed by atoms with Crippen LogP contribution < -0.4 is 0 Å². The van der Waals surface area contributed by atoms with Crippen LogP contribution in [-0.4, -0.2) is 28.0 Å². The number of nitrogens with one attached hydrogen (secondary N) is 1. The molecule has 5 heteroatoms. The molecule has 0 bridgehead atoms. The van der Waals surface area contributed by atoms with Gasteiger partial charge in [0, 0.05) is 5.56 Å². The minimum Gasteiger partial charge on any atom is -0.461 e. The third-order valence-electron chi connectivity index (χ3n) is 3.78. The zero-order chi connectivity index (χ0) is 13.9. The smallest absolute Gasteiger partial charge is 0.361 e. The molecule has 1 aromatic carbocycles. The number of hydrogen-bond acceptors (Lipinski definition) is 4. The number of aromatic amines is 1. The van der Waals surface area contributed by atoms with E-state index in [1.54, 1.807) is 6.92 Å². The van der Waals surface area contributed by atoms with Crippen LogP contribution in [0.4, 0.5) is 0 Å². The van der Waals surface area contributed by atoms with Gasteiger partial charge >= 0.3 is 5.97 Å². The second-order valence-electron chi connectivity index (χ2n) is 4.99. The van der Waals surface area contributed by atoms with Gasteiger partial charge in [0.25, 0.3) is 0 Å². The average Bonchev–Trinajstić information content (AvgIpc) is 2.87. The molecule has 3 rings (SSSR count). The molecule has 1 heterocycles. The molecule has 0 unspecified atom stereocenters. The fraction of sp³-hybridized carbons (Fsp3) is 0.400. The van der Waals surface area contributed by atoms with Gasteiger partial charge in [-0.2, -0.15) is 10.3 Å². The van der Waals surface area contributed by atoms with E-state index in [0.29, 0.717) is 18.2 Å². The second kappa shape index (κ2) is 5.45. The molecule has 2 aromatic rings. The van der Waals surface area contributed by atoms with Crippen molar-refractivity contribution < 1.29 is 9.53 Å². The summed E-state index contributed by atoms with van der Waals surface area (Å²) in [6.45, 7) is 2.09. The number of rotatable bonds is 4. The number of aromatic nitrogens is 3. The summed E-state index contributed by atoms with van der Waals surface area (Å²) in [6, 6.07) is 8.22. The van der Waals surface area contributed by atoms with E-state index < -0.39 is 5.97 Å². The van der Waals surface area contributed by atoms with Crippen LogP contribution in [0, 0.1) is 0 Å². The van der Waals surface area contributed by atoms with Crippen LogP contribution in [0.2, 0.25) is 0 Å². The van der Waals surface area contributed by atoms with Gasteiger partial charge in [-0.3, -0.25) is 0 Å². The predicted octanol–water partition coefficient (Wildman–Crippen LogP) is 2.92. The molecule has 5 nitrogen and oxygen atoms in total. The predicted molar refractivity (Wildman–Crippen MR) is 74.4 cm³/mol. The third-order valence-corrected chi connectivity index (χ3v) is 3.78. The number of ether oxygens (including phenoxy) is 1. The number of esters is 1. The first-order valence-electron chi connectivity index (χ1n) is 6.97. The summed E-state index contributed by atoms with van der Waals surface area (Å²) in [5.41, 5.74) is 3.03. The maximum atomic E-state index is 11.8. The summed E-state index contributed by atoms with van der Waals surface area (Å²) in [5, 5.41) is 10.4. The van der Waals surface area contributed by atoms with Gasteiger partial charge in [-0.25, -0.2) is 4.79 Å². The Morgan fingerprint density at radius 3 is 2.65 bits per heavy atom. The van der Waals surface area contributed by atoms with E-state index in [-0.39, 0.29) is 5.69 Å². The molecule has 1 saturated carbocycles. The Kier molecular flexibility index (Phi) is 3.50. The molecule has 20 heavy (non-hydrogen) atoms. The lowest BCUT2D eigenvalue weighted by Crippen LogP contribution is -2.08. The SMILES string of the molecule is CCOC(=O)c1n[nH]nc1-c1ccc(C2CCC2)cc1. The standard InChI is InChI=1S/C15H17N3O2/c1-2-20-15(19)14-13(16-18-17-14)12-8-6-11(7-9-12)10-4-3-5-10/h6-10H,2-5H2,1H3,(H,16,17,18). The number of H-pyrrole nitrogens is 1. The van der Waals surface area contributed by atoms with E-state index in [9.17, 15) is 4.79 Å². The van der Waals surface area contributed by atoms with Crippen molar-refractivity contribution in [1.29, 1.82) is 0 Å². The van der Waals surface area contributed by atoms with Crippen molar-refractivity contribution in [2.75, 3.05) is 6.61 Å². The van der Waals surface area contributed by atoms with E-state index in [1.165, 1.54) is 24.8 Å². The number of carbonyl (C=O) groups excluding carboxylic acids is 1. The first-order chi connectivity index (χ1) is 9.79. The Morgan fingerprint density at radius 1 is 1.30 bits per heavy atom. The van der Waals surface area contributed by atoms with Gasteiger partial charge in [-0.15, -0.1) is 5.10 Å². The summed E-state index contributed by atoms with van der Waals surface area (Å²) < 4.78 is 4.98. The van der Waals surface area contributed by atoms with Gasteiger partial charge < -0.3 is 4.74 Å². The van der Waals surface area contributed by atoms with Crippen LogP contribution in [0.5, 0.6) is 0 Å². The maximum absolute atomic E-state index is 11.8. The Bertz CT molecular complexity index is 600. The summed E-state index contributed by atoms with van der Waals surface area (Å²) in [6.07, 6.45) is 3.87. The molecule has 0 aliphatic heterocycles. The Labute approximate surface area is 117 Å². The van der Waals surface area contributed by atoms with E-state index in [2.05, 4.69) is 27.5 Å². The van der Waals surface area contributed by atoms with Crippen molar-refractivity contribution in [1.82, 2.24) is 15.4 Å². The minimum atomic E-state index is -0.445. The van der Waals surface area contributed by atoms with E-state index in [0.717, 1.165) is 5.56 Å². The van der Waals surface area contributed by atoms with E-state index in [4.69, 9.17) is 4.74 Å². The largest absolute Gasteiger partial charge is 0.461 e. The molecule has 0 saturated heterocycles. The molecule has 1 fully saturated rings. The minimum absolute atomic E-state index is 0.239. The van der Waals surface area contributed by atoms with Crippen molar-refractivity contribution in [3.8, 4) is 11.3 Å². The van der Waals surface area contributed by atoms with Gasteiger partial charge in [-0.1, -0.05) is 30.7 Å². The molecular weight excluding hydrogens is 254 g/mol. The summed E-state index contributed by atoms with van der Waals surface area (Å²) >= 11 is 0. The van der Waals surface area contributed by atoms with Crippen LogP contribution in [-0.2, 0) is 4.74 Å². The average molecular weight is 271 g/mol. The summed E-state index contributed by atoms with van der Waals surface area (Å²) in [7, 11) is 0. The van der Waals surface area contributed by atoms with Gasteiger partial charge in [-0.05, 0) is 31.2 Å². The van der Waals surface area contributed by atoms with Crippen molar-refractivity contribution in [3.05, 3.63) is 35.5 Å². The molecular formula is C15H17N3O2. The molecule has 104 valence electrons. The summed E-state index contributed by atoms with van der Waals surface area (Å²) in [4.78, 5) is 11.8. The van der Waals surface area contributed by atoms with Crippen LogP contribution in [0.1, 0.15) is 48.2 Å². The van der Waals surface area contributed by atoms with Gasteiger partial charge in [0.05, 0.1) is 6.61 Å². The van der Waals surface area contributed by atoms with Crippen LogP contribution >= 0.6 is 0 Å². The van der Waals surface area contributed by atoms with E-state index >= 15 is 0 Å². The maximum Gasteiger partial charge on any atom is 0.361 e. The van der Waals surface area contributed by atoms with Crippen LogP contribution in [0.25, 0.3) is 11.3 Å². The zero-order valence-electron chi connectivity index (χ0n) is 11.4. The number of hydrogen-bond donors (Lipinski definition) is 1. The number of carbonyl (C=O) groups is 1. The molecule has 1 aliphatic rings. The van der Waals surface area contributed by atoms with Gasteiger partial charge in [0.2, 0.25) is 0 Å². The first kappa shape index (κ1) is 12.8. The molecule has 0 spiro atoms. The summed E-state index contributed by atoms with van der Waals surface area (Å²) in [5.74, 6) is 0.255. The normalized spacial score (nSPS) is 14.8. The highest BCUT2D eigenvalue weighted by atomic mass is 16.5. The highest BCUT2D eigenvalue weighted by molar-refractivity contribution is 5.93. The van der Waals surface area contributed by atoms with Crippen molar-refractivity contribution in [3.63, 3.8) is 0 Å². The second-order valence-corrected chi connectivity index (χ2v) is 4.99. The molecule has 1 N–H and O–H groups in total. The molecule has 1 aromatic heterocycles. The molecule has 1 aliphatic carbocycles. The topological polar surface area (TPSA) is 67.9 Å². The lowest BCUT2D eigenvalue weighted by atomic mass is 9.80. The van der Waals surface area contributed by atoms with E-state index in [1.807, 2.05) is 12.1 Å².